The van der Waals surface area contributed by atoms with E-state index >= 15 is 0 Å². The van der Waals surface area contributed by atoms with Crippen molar-refractivity contribution in [3.05, 3.63) is 29.8 Å². The maximum Gasteiger partial charge on any atom is 0.115 e. The highest BCUT2D eigenvalue weighted by Crippen LogP contribution is 2.18. The summed E-state index contributed by atoms with van der Waals surface area (Å²) in [6, 6.07) is 7.99. The molecule has 0 heterocycles. The molecule has 0 aliphatic heterocycles. The summed E-state index contributed by atoms with van der Waals surface area (Å²) in [5.74, 6) is 0.315. The van der Waals surface area contributed by atoms with Crippen LogP contribution in [0.1, 0.15) is 31.9 Å². The van der Waals surface area contributed by atoms with E-state index in [9.17, 15) is 5.11 Å². The highest BCUT2D eigenvalue weighted by atomic mass is 16.5. The van der Waals surface area contributed by atoms with Crippen molar-refractivity contribution in [2.45, 2.75) is 32.4 Å². The summed E-state index contributed by atoms with van der Waals surface area (Å²) in [4.78, 5) is 0. The molecular weight excluding hydrogens is 202 g/mol. The standard InChI is InChI=1S/C13H21NO2/c1-10(7-8-16-3)14-11(2)12-5-4-6-13(15)9-12/h4-6,9-11,14-15H,7-8H2,1-3H3. The van der Waals surface area contributed by atoms with Gasteiger partial charge >= 0.3 is 0 Å². The summed E-state index contributed by atoms with van der Waals surface area (Å²) in [5, 5.41) is 12.9. The molecule has 0 aliphatic rings. The SMILES string of the molecule is COCCC(C)NC(C)c1cccc(O)c1. The zero-order chi connectivity index (χ0) is 12.0. The lowest BCUT2D eigenvalue weighted by molar-refractivity contribution is 0.183. The second-order valence-electron chi connectivity index (χ2n) is 4.17. The van der Waals surface area contributed by atoms with Crippen LogP contribution in [0, 0.1) is 0 Å². The molecule has 3 nitrogen and oxygen atoms in total. The summed E-state index contributed by atoms with van der Waals surface area (Å²) in [6.45, 7) is 5.00. The minimum Gasteiger partial charge on any atom is -0.508 e. The molecule has 0 saturated carbocycles. The zero-order valence-corrected chi connectivity index (χ0v) is 10.2. The summed E-state index contributed by atoms with van der Waals surface area (Å²) in [5.41, 5.74) is 1.10. The van der Waals surface area contributed by atoms with Crippen LogP contribution in [-0.2, 0) is 4.74 Å². The minimum absolute atomic E-state index is 0.235. The molecule has 16 heavy (non-hydrogen) atoms. The molecule has 0 bridgehead atoms. The fourth-order valence-corrected chi connectivity index (χ4v) is 1.70. The molecule has 3 heteroatoms. The van der Waals surface area contributed by atoms with E-state index in [0.717, 1.165) is 18.6 Å². The van der Waals surface area contributed by atoms with Crippen LogP contribution < -0.4 is 5.32 Å². The van der Waals surface area contributed by atoms with Crippen LogP contribution in [0.2, 0.25) is 0 Å². The van der Waals surface area contributed by atoms with Crippen LogP contribution in [0.5, 0.6) is 5.75 Å². The maximum atomic E-state index is 9.39. The second-order valence-corrected chi connectivity index (χ2v) is 4.17. The van der Waals surface area contributed by atoms with Gasteiger partial charge in [-0.05, 0) is 38.0 Å². The first kappa shape index (κ1) is 13.0. The molecular formula is C13H21NO2. The number of nitrogens with one attached hydrogen (secondary N) is 1. The van der Waals surface area contributed by atoms with Crippen molar-refractivity contribution in [1.82, 2.24) is 5.32 Å². The number of benzene rings is 1. The van der Waals surface area contributed by atoms with Crippen LogP contribution >= 0.6 is 0 Å². The van der Waals surface area contributed by atoms with Gasteiger partial charge in [-0.25, -0.2) is 0 Å². The molecule has 0 radical (unpaired) electrons. The van der Waals surface area contributed by atoms with Crippen LogP contribution in [0.3, 0.4) is 0 Å². The van der Waals surface area contributed by atoms with Gasteiger partial charge in [0.2, 0.25) is 0 Å². The van der Waals surface area contributed by atoms with E-state index in [2.05, 4.69) is 19.2 Å². The Labute approximate surface area is 97.4 Å². The van der Waals surface area contributed by atoms with Gasteiger partial charge in [0.05, 0.1) is 0 Å². The van der Waals surface area contributed by atoms with Gasteiger partial charge in [-0.1, -0.05) is 12.1 Å². The first-order valence-corrected chi connectivity index (χ1v) is 5.67. The lowest BCUT2D eigenvalue weighted by Gasteiger charge is -2.20. The van der Waals surface area contributed by atoms with Crippen molar-refractivity contribution < 1.29 is 9.84 Å². The van der Waals surface area contributed by atoms with Gasteiger partial charge in [-0.15, -0.1) is 0 Å². The molecule has 90 valence electrons. The number of methoxy groups -OCH3 is 1. The summed E-state index contributed by atoms with van der Waals surface area (Å²) in [7, 11) is 1.71. The maximum absolute atomic E-state index is 9.39. The molecule has 1 aromatic carbocycles. The van der Waals surface area contributed by atoms with Gasteiger partial charge < -0.3 is 15.2 Å². The normalized spacial score (nSPS) is 14.7. The van der Waals surface area contributed by atoms with Gasteiger partial charge in [0.15, 0.2) is 0 Å². The average molecular weight is 223 g/mol. The molecule has 2 N–H and O–H groups in total. The fraction of sp³-hybridized carbons (Fsp3) is 0.538. The molecule has 2 unspecified atom stereocenters. The van der Waals surface area contributed by atoms with E-state index in [4.69, 9.17) is 4.74 Å². The van der Waals surface area contributed by atoms with Gasteiger partial charge in [-0.2, -0.15) is 0 Å². The molecule has 1 aromatic rings. The number of hydrogen-bond donors (Lipinski definition) is 2. The number of hydrogen-bond acceptors (Lipinski definition) is 3. The first-order valence-electron chi connectivity index (χ1n) is 5.67. The fourth-order valence-electron chi connectivity index (χ4n) is 1.70. The van der Waals surface area contributed by atoms with Gasteiger partial charge in [0.1, 0.15) is 5.75 Å². The Bertz CT molecular complexity index is 315. The number of phenolic OH excluding ortho intramolecular Hbond substituents is 1. The Hall–Kier alpha value is -1.06. The van der Waals surface area contributed by atoms with Crippen molar-refractivity contribution in [2.75, 3.05) is 13.7 Å². The van der Waals surface area contributed by atoms with Crippen molar-refractivity contribution >= 4 is 0 Å². The van der Waals surface area contributed by atoms with Crippen molar-refractivity contribution in [3.63, 3.8) is 0 Å². The van der Waals surface area contributed by atoms with Crippen molar-refractivity contribution in [2.24, 2.45) is 0 Å². The molecule has 0 amide bonds. The van der Waals surface area contributed by atoms with Crippen LogP contribution in [0.4, 0.5) is 0 Å². The predicted octanol–water partition coefficient (Wildman–Crippen LogP) is 2.47. The third kappa shape index (κ3) is 4.21. The third-order valence-corrected chi connectivity index (χ3v) is 2.66. The Morgan fingerprint density at radius 2 is 2.12 bits per heavy atom. The van der Waals surface area contributed by atoms with Crippen LogP contribution in [0.25, 0.3) is 0 Å². The van der Waals surface area contributed by atoms with E-state index in [0.29, 0.717) is 11.8 Å². The second kappa shape index (κ2) is 6.51. The van der Waals surface area contributed by atoms with Gasteiger partial charge in [0, 0.05) is 25.8 Å². The van der Waals surface area contributed by atoms with E-state index in [-0.39, 0.29) is 6.04 Å². The first-order chi connectivity index (χ1) is 7.63. The Morgan fingerprint density at radius 3 is 2.75 bits per heavy atom. The number of phenols is 1. The number of ether oxygens (including phenoxy) is 1. The van der Waals surface area contributed by atoms with E-state index in [1.54, 1.807) is 19.2 Å². The molecule has 0 saturated heterocycles. The number of rotatable bonds is 6. The monoisotopic (exact) mass is 223 g/mol. The summed E-state index contributed by atoms with van der Waals surface area (Å²) < 4.78 is 5.04. The highest BCUT2D eigenvalue weighted by Gasteiger charge is 2.09. The minimum atomic E-state index is 0.235. The van der Waals surface area contributed by atoms with E-state index in [1.165, 1.54) is 0 Å². The Morgan fingerprint density at radius 1 is 1.38 bits per heavy atom. The molecule has 2 atom stereocenters. The van der Waals surface area contributed by atoms with E-state index in [1.807, 2.05) is 12.1 Å². The largest absolute Gasteiger partial charge is 0.508 e. The Kier molecular flexibility index (Phi) is 5.29. The van der Waals surface area contributed by atoms with Gasteiger partial charge in [-0.3, -0.25) is 0 Å². The summed E-state index contributed by atoms with van der Waals surface area (Å²) >= 11 is 0. The predicted molar refractivity (Wildman–Crippen MR) is 65.6 cm³/mol. The third-order valence-electron chi connectivity index (χ3n) is 2.66. The number of aromatic hydroxyl groups is 1. The lowest BCUT2D eigenvalue weighted by Crippen LogP contribution is -2.29. The van der Waals surface area contributed by atoms with Gasteiger partial charge in [0.25, 0.3) is 0 Å². The zero-order valence-electron chi connectivity index (χ0n) is 10.2. The smallest absolute Gasteiger partial charge is 0.115 e. The van der Waals surface area contributed by atoms with Crippen molar-refractivity contribution in [3.8, 4) is 5.75 Å². The topological polar surface area (TPSA) is 41.5 Å². The molecule has 1 rings (SSSR count). The molecule has 0 aromatic heterocycles. The molecule has 0 aliphatic carbocycles. The molecule has 0 fully saturated rings. The van der Waals surface area contributed by atoms with Crippen molar-refractivity contribution in [1.29, 1.82) is 0 Å². The molecule has 0 spiro atoms. The Balaban J connectivity index is 2.48. The van der Waals surface area contributed by atoms with E-state index < -0.39 is 0 Å². The lowest BCUT2D eigenvalue weighted by atomic mass is 10.1. The van der Waals surface area contributed by atoms with Crippen LogP contribution in [0.15, 0.2) is 24.3 Å². The average Bonchev–Trinajstić information content (AvgIpc) is 2.26. The van der Waals surface area contributed by atoms with Crippen LogP contribution in [-0.4, -0.2) is 24.9 Å². The highest BCUT2D eigenvalue weighted by molar-refractivity contribution is 5.29. The quantitative estimate of drug-likeness (QED) is 0.778. The summed E-state index contributed by atoms with van der Waals surface area (Å²) in [6.07, 6.45) is 0.986.